The lowest BCUT2D eigenvalue weighted by atomic mass is 9.89. The van der Waals surface area contributed by atoms with Gasteiger partial charge in [-0.2, -0.15) is 0 Å². The van der Waals surface area contributed by atoms with Crippen molar-refractivity contribution in [3.8, 4) is 0 Å². The van der Waals surface area contributed by atoms with E-state index in [1.807, 2.05) is 0 Å². The molecule has 1 aliphatic heterocycles. The summed E-state index contributed by atoms with van der Waals surface area (Å²) in [4.78, 5) is 2.63. The van der Waals surface area contributed by atoms with Crippen molar-refractivity contribution in [2.75, 3.05) is 19.6 Å². The summed E-state index contributed by atoms with van der Waals surface area (Å²) < 4.78 is 0. The Morgan fingerprint density at radius 1 is 1.22 bits per heavy atom. The highest BCUT2D eigenvalue weighted by atomic mass is 35.5. The SMILES string of the molecule is CCCN1CCC[C@H](c2ccc(C)c(C)c2)C1.Cl. The van der Waals surface area contributed by atoms with Gasteiger partial charge in [0.05, 0.1) is 0 Å². The molecule has 1 aliphatic rings. The molecule has 0 unspecified atom stereocenters. The minimum atomic E-state index is 0. The number of halogens is 1. The van der Waals surface area contributed by atoms with Gasteiger partial charge in [0.2, 0.25) is 0 Å². The van der Waals surface area contributed by atoms with E-state index in [1.54, 1.807) is 5.56 Å². The Morgan fingerprint density at radius 3 is 2.67 bits per heavy atom. The van der Waals surface area contributed by atoms with E-state index >= 15 is 0 Å². The van der Waals surface area contributed by atoms with Crippen LogP contribution < -0.4 is 0 Å². The topological polar surface area (TPSA) is 3.24 Å². The summed E-state index contributed by atoms with van der Waals surface area (Å²) in [5.74, 6) is 0.759. The maximum absolute atomic E-state index is 2.63. The van der Waals surface area contributed by atoms with Crippen LogP contribution in [0.2, 0.25) is 0 Å². The lowest BCUT2D eigenvalue weighted by Gasteiger charge is -2.33. The smallest absolute Gasteiger partial charge is 0.00503 e. The first-order valence-corrected chi connectivity index (χ1v) is 7.00. The lowest BCUT2D eigenvalue weighted by Crippen LogP contribution is -2.34. The highest BCUT2D eigenvalue weighted by molar-refractivity contribution is 5.85. The fourth-order valence-electron chi connectivity index (χ4n) is 2.87. The van der Waals surface area contributed by atoms with E-state index in [1.165, 1.54) is 50.0 Å². The number of nitrogens with zero attached hydrogens (tertiary/aromatic N) is 1. The van der Waals surface area contributed by atoms with Crippen molar-refractivity contribution in [1.29, 1.82) is 0 Å². The molecule has 0 aromatic heterocycles. The van der Waals surface area contributed by atoms with Gasteiger partial charge in [-0.05, 0) is 68.8 Å². The molecule has 1 fully saturated rings. The van der Waals surface area contributed by atoms with Crippen LogP contribution in [0.1, 0.15) is 48.8 Å². The van der Waals surface area contributed by atoms with E-state index in [-0.39, 0.29) is 12.4 Å². The van der Waals surface area contributed by atoms with Crippen LogP contribution in [0.25, 0.3) is 0 Å². The van der Waals surface area contributed by atoms with Crippen LogP contribution in [0.4, 0.5) is 0 Å². The fraction of sp³-hybridized carbons (Fsp3) is 0.625. The monoisotopic (exact) mass is 267 g/mol. The van der Waals surface area contributed by atoms with Crippen molar-refractivity contribution in [3.05, 3.63) is 34.9 Å². The molecule has 0 amide bonds. The van der Waals surface area contributed by atoms with Crippen molar-refractivity contribution >= 4 is 12.4 Å². The van der Waals surface area contributed by atoms with Crippen LogP contribution in [-0.4, -0.2) is 24.5 Å². The van der Waals surface area contributed by atoms with Crippen LogP contribution in [-0.2, 0) is 0 Å². The van der Waals surface area contributed by atoms with Crippen molar-refractivity contribution < 1.29 is 0 Å². The summed E-state index contributed by atoms with van der Waals surface area (Å²) >= 11 is 0. The predicted molar refractivity (Wildman–Crippen MR) is 81.9 cm³/mol. The third-order valence-electron chi connectivity index (χ3n) is 4.05. The molecule has 1 saturated heterocycles. The van der Waals surface area contributed by atoms with Crippen LogP contribution in [0.5, 0.6) is 0 Å². The van der Waals surface area contributed by atoms with E-state index < -0.39 is 0 Å². The predicted octanol–water partition coefficient (Wildman–Crippen LogP) is 4.31. The van der Waals surface area contributed by atoms with E-state index in [2.05, 4.69) is 43.9 Å². The standard InChI is InChI=1S/C16H25N.ClH/c1-4-9-17-10-5-6-16(12-17)15-8-7-13(2)14(3)11-15;/h7-8,11,16H,4-6,9-10,12H2,1-3H3;1H/t16-;/m0./s1. The highest BCUT2D eigenvalue weighted by Gasteiger charge is 2.20. The van der Waals surface area contributed by atoms with Gasteiger partial charge < -0.3 is 4.90 Å². The molecule has 0 radical (unpaired) electrons. The van der Waals surface area contributed by atoms with Gasteiger partial charge in [0.25, 0.3) is 0 Å². The first kappa shape index (κ1) is 15.5. The third-order valence-corrected chi connectivity index (χ3v) is 4.05. The average Bonchev–Trinajstić information content (AvgIpc) is 2.33. The highest BCUT2D eigenvalue weighted by Crippen LogP contribution is 2.28. The van der Waals surface area contributed by atoms with Gasteiger partial charge in [0, 0.05) is 6.54 Å². The number of piperidine rings is 1. The van der Waals surface area contributed by atoms with Crippen molar-refractivity contribution in [2.45, 2.75) is 46.0 Å². The Hall–Kier alpha value is -0.530. The van der Waals surface area contributed by atoms with E-state index in [0.29, 0.717) is 0 Å². The summed E-state index contributed by atoms with van der Waals surface area (Å²) in [6.07, 6.45) is 4.00. The summed E-state index contributed by atoms with van der Waals surface area (Å²) in [5, 5.41) is 0. The van der Waals surface area contributed by atoms with Crippen LogP contribution in [0.3, 0.4) is 0 Å². The molecule has 0 saturated carbocycles. The Morgan fingerprint density at radius 2 is 2.00 bits per heavy atom. The second-order valence-corrected chi connectivity index (χ2v) is 5.48. The van der Waals surface area contributed by atoms with Gasteiger partial charge in [-0.25, -0.2) is 0 Å². The van der Waals surface area contributed by atoms with Gasteiger partial charge in [-0.3, -0.25) is 0 Å². The van der Waals surface area contributed by atoms with Gasteiger partial charge in [-0.15, -0.1) is 12.4 Å². The van der Waals surface area contributed by atoms with Crippen LogP contribution in [0, 0.1) is 13.8 Å². The molecule has 1 nitrogen and oxygen atoms in total. The summed E-state index contributed by atoms with van der Waals surface area (Å²) in [5.41, 5.74) is 4.40. The minimum absolute atomic E-state index is 0. The number of hydrogen-bond donors (Lipinski definition) is 0. The molecule has 0 aliphatic carbocycles. The third kappa shape index (κ3) is 3.73. The van der Waals surface area contributed by atoms with Gasteiger partial charge in [0.1, 0.15) is 0 Å². The van der Waals surface area contributed by atoms with Crippen LogP contribution in [0.15, 0.2) is 18.2 Å². The Bertz CT molecular complexity index is 373. The summed E-state index contributed by atoms with van der Waals surface area (Å²) in [6.45, 7) is 10.5. The van der Waals surface area contributed by atoms with E-state index in [9.17, 15) is 0 Å². The van der Waals surface area contributed by atoms with Crippen molar-refractivity contribution in [3.63, 3.8) is 0 Å². The van der Waals surface area contributed by atoms with Crippen molar-refractivity contribution in [2.24, 2.45) is 0 Å². The molecular weight excluding hydrogens is 242 g/mol. The van der Waals surface area contributed by atoms with Gasteiger partial charge in [-0.1, -0.05) is 25.1 Å². The maximum Gasteiger partial charge on any atom is 0.00503 e. The fourth-order valence-corrected chi connectivity index (χ4v) is 2.87. The Balaban J connectivity index is 0.00000162. The first-order chi connectivity index (χ1) is 8.20. The van der Waals surface area contributed by atoms with Gasteiger partial charge >= 0.3 is 0 Å². The molecule has 1 aromatic carbocycles. The van der Waals surface area contributed by atoms with Crippen LogP contribution >= 0.6 is 12.4 Å². The van der Waals surface area contributed by atoms with Crippen molar-refractivity contribution in [1.82, 2.24) is 4.90 Å². The van der Waals surface area contributed by atoms with E-state index in [0.717, 1.165) is 5.92 Å². The zero-order chi connectivity index (χ0) is 12.3. The molecule has 1 heterocycles. The second-order valence-electron chi connectivity index (χ2n) is 5.48. The number of likely N-dealkylation sites (tertiary alicyclic amines) is 1. The zero-order valence-electron chi connectivity index (χ0n) is 11.9. The Kier molecular flexibility index (Phi) is 6.17. The van der Waals surface area contributed by atoms with Gasteiger partial charge in [0.15, 0.2) is 0 Å². The zero-order valence-corrected chi connectivity index (χ0v) is 12.7. The number of benzene rings is 1. The molecule has 1 aromatic rings. The molecule has 2 heteroatoms. The first-order valence-electron chi connectivity index (χ1n) is 7.00. The number of hydrogen-bond acceptors (Lipinski definition) is 1. The number of aryl methyl sites for hydroxylation is 2. The number of rotatable bonds is 3. The molecule has 0 spiro atoms. The summed E-state index contributed by atoms with van der Waals surface area (Å²) in [6, 6.07) is 7.02. The van der Waals surface area contributed by atoms with E-state index in [4.69, 9.17) is 0 Å². The second kappa shape index (κ2) is 7.16. The quantitative estimate of drug-likeness (QED) is 0.789. The molecule has 18 heavy (non-hydrogen) atoms. The largest absolute Gasteiger partial charge is 0.303 e. The summed E-state index contributed by atoms with van der Waals surface area (Å²) in [7, 11) is 0. The minimum Gasteiger partial charge on any atom is -0.303 e. The molecule has 0 bridgehead atoms. The maximum atomic E-state index is 2.63. The molecule has 102 valence electrons. The average molecular weight is 268 g/mol. The Labute approximate surface area is 118 Å². The lowest BCUT2D eigenvalue weighted by molar-refractivity contribution is 0.208. The molecular formula is C16H26ClN. The molecule has 0 N–H and O–H groups in total. The normalized spacial score (nSPS) is 20.5. The molecule has 2 rings (SSSR count). The molecule has 1 atom stereocenters.